The zero-order valence-electron chi connectivity index (χ0n) is 13.2. The summed E-state index contributed by atoms with van der Waals surface area (Å²) in [7, 11) is 0. The fourth-order valence-corrected chi connectivity index (χ4v) is 2.59. The van der Waals surface area contributed by atoms with E-state index in [2.05, 4.69) is 0 Å². The molecule has 118 valence electrons. The summed E-state index contributed by atoms with van der Waals surface area (Å²) in [4.78, 5) is 12.0. The van der Waals surface area contributed by atoms with Crippen LogP contribution in [0.25, 0.3) is 22.1 Å². The zero-order chi connectivity index (χ0) is 16.2. The number of benzene rings is 2. The summed E-state index contributed by atoms with van der Waals surface area (Å²) in [6.07, 6.45) is 0. The molecule has 0 aliphatic heterocycles. The lowest BCUT2D eigenvalue weighted by Crippen LogP contribution is -2.03. The Morgan fingerprint density at radius 2 is 1.70 bits per heavy atom. The van der Waals surface area contributed by atoms with E-state index >= 15 is 0 Å². The maximum absolute atomic E-state index is 12.0. The van der Waals surface area contributed by atoms with Gasteiger partial charge < -0.3 is 13.9 Å². The summed E-state index contributed by atoms with van der Waals surface area (Å²) in [5.41, 5.74) is 1.79. The van der Waals surface area contributed by atoms with Gasteiger partial charge in [-0.1, -0.05) is 30.3 Å². The van der Waals surface area contributed by atoms with Crippen LogP contribution < -0.4 is 15.1 Å². The van der Waals surface area contributed by atoms with E-state index < -0.39 is 5.63 Å². The molecule has 1 aromatic heterocycles. The molecule has 0 atom stereocenters. The minimum atomic E-state index is -0.411. The fraction of sp³-hybridized carbons (Fsp3) is 0.211. The van der Waals surface area contributed by atoms with Crippen LogP contribution in [0.3, 0.4) is 0 Å². The van der Waals surface area contributed by atoms with E-state index in [-0.39, 0.29) is 0 Å². The summed E-state index contributed by atoms with van der Waals surface area (Å²) < 4.78 is 16.7. The van der Waals surface area contributed by atoms with Crippen molar-refractivity contribution < 1.29 is 13.9 Å². The van der Waals surface area contributed by atoms with Gasteiger partial charge in [-0.3, -0.25) is 0 Å². The summed E-state index contributed by atoms with van der Waals surface area (Å²) in [5.74, 6) is 1.05. The normalized spacial score (nSPS) is 10.7. The quantitative estimate of drug-likeness (QED) is 0.661. The van der Waals surface area contributed by atoms with Gasteiger partial charge in [0.2, 0.25) is 5.75 Å². The maximum atomic E-state index is 12.0. The predicted octanol–water partition coefficient (Wildman–Crippen LogP) is 4.26. The highest BCUT2D eigenvalue weighted by Crippen LogP contribution is 2.38. The van der Waals surface area contributed by atoms with Crippen LogP contribution in [-0.4, -0.2) is 13.2 Å². The molecule has 0 fully saturated rings. The van der Waals surface area contributed by atoms with E-state index in [0.717, 1.165) is 16.5 Å². The SMILES string of the molecule is CCOc1ccc2c(-c3ccccc3)cc(=O)oc2c1OCC. The second kappa shape index (κ2) is 6.57. The fourth-order valence-electron chi connectivity index (χ4n) is 2.59. The van der Waals surface area contributed by atoms with Crippen LogP contribution in [0.1, 0.15) is 13.8 Å². The zero-order valence-corrected chi connectivity index (χ0v) is 13.2. The molecule has 3 rings (SSSR count). The Morgan fingerprint density at radius 1 is 0.957 bits per heavy atom. The third-order valence-electron chi connectivity index (χ3n) is 3.50. The number of hydrogen-bond acceptors (Lipinski definition) is 4. The lowest BCUT2D eigenvalue weighted by molar-refractivity contribution is 0.286. The van der Waals surface area contributed by atoms with E-state index in [4.69, 9.17) is 13.9 Å². The predicted molar refractivity (Wildman–Crippen MR) is 90.3 cm³/mol. The first-order chi connectivity index (χ1) is 11.2. The van der Waals surface area contributed by atoms with Crippen LogP contribution in [-0.2, 0) is 0 Å². The summed E-state index contributed by atoms with van der Waals surface area (Å²) >= 11 is 0. The van der Waals surface area contributed by atoms with Crippen molar-refractivity contribution in [2.24, 2.45) is 0 Å². The van der Waals surface area contributed by atoms with Crippen LogP contribution >= 0.6 is 0 Å². The van der Waals surface area contributed by atoms with Gasteiger partial charge in [0.1, 0.15) is 0 Å². The van der Waals surface area contributed by atoms with E-state index in [1.807, 2.05) is 56.3 Å². The maximum Gasteiger partial charge on any atom is 0.336 e. The van der Waals surface area contributed by atoms with Crippen LogP contribution in [0.4, 0.5) is 0 Å². The molecule has 0 saturated carbocycles. The summed E-state index contributed by atoms with van der Waals surface area (Å²) in [5, 5.41) is 0.822. The van der Waals surface area contributed by atoms with Gasteiger partial charge in [0, 0.05) is 11.5 Å². The molecule has 0 radical (unpaired) electrons. The third kappa shape index (κ3) is 2.93. The van der Waals surface area contributed by atoms with Gasteiger partial charge in [0.25, 0.3) is 0 Å². The highest BCUT2D eigenvalue weighted by Gasteiger charge is 2.16. The highest BCUT2D eigenvalue weighted by atomic mass is 16.5. The van der Waals surface area contributed by atoms with Crippen molar-refractivity contribution in [3.8, 4) is 22.6 Å². The highest BCUT2D eigenvalue weighted by molar-refractivity contribution is 5.97. The monoisotopic (exact) mass is 310 g/mol. The Kier molecular flexibility index (Phi) is 4.33. The number of ether oxygens (including phenoxy) is 2. The third-order valence-corrected chi connectivity index (χ3v) is 3.50. The van der Waals surface area contributed by atoms with Crippen molar-refractivity contribution >= 4 is 11.0 Å². The first-order valence-electron chi connectivity index (χ1n) is 7.66. The molecule has 0 saturated heterocycles. The Hall–Kier alpha value is -2.75. The molecule has 4 nitrogen and oxygen atoms in total. The van der Waals surface area contributed by atoms with E-state index in [1.54, 1.807) is 0 Å². The molecule has 0 N–H and O–H groups in total. The molecule has 3 aromatic rings. The molecule has 0 unspecified atom stereocenters. The van der Waals surface area contributed by atoms with Gasteiger partial charge in [-0.25, -0.2) is 4.79 Å². The van der Waals surface area contributed by atoms with E-state index in [1.165, 1.54) is 6.07 Å². The Morgan fingerprint density at radius 3 is 2.39 bits per heavy atom. The van der Waals surface area contributed by atoms with E-state index in [9.17, 15) is 4.79 Å². The number of hydrogen-bond donors (Lipinski definition) is 0. The molecule has 4 heteroatoms. The van der Waals surface area contributed by atoms with Gasteiger partial charge in [-0.15, -0.1) is 0 Å². The van der Waals surface area contributed by atoms with Crippen molar-refractivity contribution in [3.63, 3.8) is 0 Å². The molecule has 0 spiro atoms. The average Bonchev–Trinajstić information content (AvgIpc) is 2.57. The Bertz CT molecular complexity index is 866. The van der Waals surface area contributed by atoms with Crippen molar-refractivity contribution in [2.45, 2.75) is 13.8 Å². The van der Waals surface area contributed by atoms with Gasteiger partial charge >= 0.3 is 5.63 Å². The molecule has 0 aliphatic rings. The van der Waals surface area contributed by atoms with Crippen LogP contribution in [0.15, 0.2) is 57.7 Å². The molecule has 0 aliphatic carbocycles. The number of rotatable bonds is 5. The summed E-state index contributed by atoms with van der Waals surface area (Å²) in [6.45, 7) is 4.75. The molecular weight excluding hydrogens is 292 g/mol. The van der Waals surface area contributed by atoms with Crippen molar-refractivity contribution in [3.05, 3.63) is 59.0 Å². The minimum absolute atomic E-state index is 0.411. The lowest BCUT2D eigenvalue weighted by atomic mass is 10.0. The van der Waals surface area contributed by atoms with Gasteiger partial charge in [-0.05, 0) is 37.1 Å². The first-order valence-corrected chi connectivity index (χ1v) is 7.66. The molecule has 23 heavy (non-hydrogen) atoms. The van der Waals surface area contributed by atoms with Gasteiger partial charge in [-0.2, -0.15) is 0 Å². The topological polar surface area (TPSA) is 48.7 Å². The van der Waals surface area contributed by atoms with Crippen molar-refractivity contribution in [2.75, 3.05) is 13.2 Å². The lowest BCUT2D eigenvalue weighted by Gasteiger charge is -2.14. The van der Waals surface area contributed by atoms with Gasteiger partial charge in [0.15, 0.2) is 11.3 Å². The van der Waals surface area contributed by atoms with Crippen LogP contribution in [0.2, 0.25) is 0 Å². The molecule has 1 heterocycles. The molecule has 0 amide bonds. The minimum Gasteiger partial charge on any atom is -0.490 e. The standard InChI is InChI=1S/C19H18O4/c1-3-21-16-11-10-14-15(13-8-6-5-7-9-13)12-17(20)23-18(14)19(16)22-4-2/h5-12H,3-4H2,1-2H3. The van der Waals surface area contributed by atoms with Gasteiger partial charge in [0.05, 0.1) is 13.2 Å². The Labute approximate surface area is 134 Å². The second-order valence-electron chi connectivity index (χ2n) is 4.98. The first kappa shape index (κ1) is 15.2. The molecule has 2 aromatic carbocycles. The van der Waals surface area contributed by atoms with Crippen molar-refractivity contribution in [1.29, 1.82) is 0 Å². The smallest absolute Gasteiger partial charge is 0.336 e. The van der Waals surface area contributed by atoms with Crippen molar-refractivity contribution in [1.82, 2.24) is 0 Å². The number of fused-ring (bicyclic) bond motifs is 1. The second-order valence-corrected chi connectivity index (χ2v) is 4.98. The van der Waals surface area contributed by atoms with E-state index in [0.29, 0.717) is 30.3 Å². The Balaban J connectivity index is 2.32. The van der Waals surface area contributed by atoms with Crippen LogP contribution in [0, 0.1) is 0 Å². The average molecular weight is 310 g/mol. The summed E-state index contributed by atoms with van der Waals surface area (Å²) in [6, 6.07) is 15.0. The molecular formula is C19H18O4. The largest absolute Gasteiger partial charge is 0.490 e. The molecule has 0 bridgehead atoms. The van der Waals surface area contributed by atoms with Crippen LogP contribution in [0.5, 0.6) is 11.5 Å².